The van der Waals surface area contributed by atoms with E-state index in [1.165, 1.54) is 23.5 Å². The topological polar surface area (TPSA) is 156 Å². The second-order valence-corrected chi connectivity index (χ2v) is 12.2. The van der Waals surface area contributed by atoms with Crippen molar-refractivity contribution in [3.63, 3.8) is 0 Å². The molecule has 5 rings (SSSR count). The maximum absolute atomic E-state index is 13.7. The van der Waals surface area contributed by atoms with E-state index >= 15 is 0 Å². The van der Waals surface area contributed by atoms with E-state index in [2.05, 4.69) is 15.2 Å². The number of ether oxygens (including phenoxy) is 1. The second-order valence-electron chi connectivity index (χ2n) is 9.47. The standard InChI is InChI=1S/C28H29N5O5S2/c29-26(32-35)19-6-3-5-18(15-19)16-24(28-31-23-9-1-2-10-25(23)39-28)33-40(36,37)22-8-4-7-20(17-22)27(34)30-21-11-13-38-14-12-21/h1-10,15,17,21,24,33,35H,11-14,16H2,(H2,29,32)(H,30,34). The Labute approximate surface area is 235 Å². The minimum atomic E-state index is -4.06. The van der Waals surface area contributed by atoms with Gasteiger partial charge in [-0.15, -0.1) is 11.3 Å². The number of thiazole rings is 1. The molecule has 208 valence electrons. The van der Waals surface area contributed by atoms with Crippen LogP contribution in [0.25, 0.3) is 10.2 Å². The lowest BCUT2D eigenvalue weighted by atomic mass is 10.0. The van der Waals surface area contributed by atoms with Crippen LogP contribution in [-0.2, 0) is 21.2 Å². The molecule has 1 atom stereocenters. The molecular formula is C28H29N5O5S2. The van der Waals surface area contributed by atoms with Gasteiger partial charge in [0.2, 0.25) is 10.0 Å². The van der Waals surface area contributed by atoms with Crippen LogP contribution in [0.2, 0.25) is 0 Å². The average molecular weight is 580 g/mol. The monoisotopic (exact) mass is 579 g/mol. The predicted molar refractivity (Wildman–Crippen MR) is 153 cm³/mol. The first-order valence-corrected chi connectivity index (χ1v) is 15.1. The summed E-state index contributed by atoms with van der Waals surface area (Å²) in [6.07, 6.45) is 1.69. The van der Waals surface area contributed by atoms with Gasteiger partial charge >= 0.3 is 0 Å². The minimum absolute atomic E-state index is 0.0104. The lowest BCUT2D eigenvalue weighted by molar-refractivity contribution is 0.0696. The number of para-hydroxylation sites is 1. The largest absolute Gasteiger partial charge is 0.409 e. The molecule has 0 radical (unpaired) electrons. The molecule has 1 saturated heterocycles. The van der Waals surface area contributed by atoms with E-state index in [4.69, 9.17) is 20.7 Å². The fraction of sp³-hybridized carbons (Fsp3) is 0.250. The summed E-state index contributed by atoms with van der Waals surface area (Å²) < 4.78 is 36.4. The van der Waals surface area contributed by atoms with Gasteiger partial charge in [-0.2, -0.15) is 0 Å². The first-order chi connectivity index (χ1) is 19.3. The SMILES string of the molecule is NC(=NO)c1cccc(CC(NS(=O)(=O)c2cccc(C(=O)NC3CCOCC3)c2)c2nc3ccccc3s2)c1. The lowest BCUT2D eigenvalue weighted by Crippen LogP contribution is -2.39. The van der Waals surface area contributed by atoms with Crippen LogP contribution in [0, 0.1) is 0 Å². The third kappa shape index (κ3) is 6.48. The molecule has 0 spiro atoms. The summed E-state index contributed by atoms with van der Waals surface area (Å²) in [4.78, 5) is 17.6. The number of nitrogens with zero attached hydrogens (tertiary/aromatic N) is 2. The number of rotatable bonds is 9. The zero-order valence-corrected chi connectivity index (χ0v) is 23.1. The summed E-state index contributed by atoms with van der Waals surface area (Å²) in [7, 11) is -4.06. The molecule has 4 aromatic rings. The van der Waals surface area contributed by atoms with Crippen molar-refractivity contribution >= 4 is 43.3 Å². The fourth-order valence-corrected chi connectivity index (χ4v) is 6.88. The second kappa shape index (κ2) is 12.1. The van der Waals surface area contributed by atoms with Crippen molar-refractivity contribution in [2.75, 3.05) is 13.2 Å². The molecule has 1 fully saturated rings. The summed E-state index contributed by atoms with van der Waals surface area (Å²) in [5, 5.41) is 15.7. The van der Waals surface area contributed by atoms with E-state index in [1.807, 2.05) is 30.3 Å². The van der Waals surface area contributed by atoms with Crippen molar-refractivity contribution in [3.05, 3.63) is 94.5 Å². The van der Waals surface area contributed by atoms with Gasteiger partial charge in [0.1, 0.15) is 5.01 Å². The normalized spacial score (nSPS) is 15.7. The maximum Gasteiger partial charge on any atom is 0.251 e. The number of benzene rings is 3. The van der Waals surface area contributed by atoms with E-state index < -0.39 is 16.1 Å². The van der Waals surface area contributed by atoms with Gasteiger partial charge in [-0.05, 0) is 61.2 Å². The summed E-state index contributed by atoms with van der Waals surface area (Å²) in [5.41, 5.74) is 8.07. The molecule has 1 aliphatic rings. The van der Waals surface area contributed by atoms with Crippen molar-refractivity contribution in [1.82, 2.24) is 15.0 Å². The number of amidine groups is 1. The van der Waals surface area contributed by atoms with E-state index in [1.54, 1.807) is 30.3 Å². The van der Waals surface area contributed by atoms with Crippen LogP contribution in [0.15, 0.2) is 82.8 Å². The first kappa shape index (κ1) is 27.7. The molecule has 0 bridgehead atoms. The molecule has 1 amide bonds. The van der Waals surface area contributed by atoms with E-state index in [9.17, 15) is 13.2 Å². The number of hydrogen-bond acceptors (Lipinski definition) is 8. The highest BCUT2D eigenvalue weighted by Gasteiger charge is 2.26. The average Bonchev–Trinajstić information content (AvgIpc) is 3.42. The van der Waals surface area contributed by atoms with Gasteiger partial charge in [-0.3, -0.25) is 4.79 Å². The number of amides is 1. The number of nitrogens with two attached hydrogens (primary N) is 1. The van der Waals surface area contributed by atoms with Gasteiger partial charge in [0.15, 0.2) is 5.84 Å². The van der Waals surface area contributed by atoms with E-state index in [0.717, 1.165) is 15.8 Å². The Hall–Kier alpha value is -3.84. The zero-order valence-electron chi connectivity index (χ0n) is 21.5. The third-order valence-electron chi connectivity index (χ3n) is 6.64. The molecule has 1 aromatic heterocycles. The Kier molecular flexibility index (Phi) is 8.40. The number of aromatic nitrogens is 1. The quantitative estimate of drug-likeness (QED) is 0.102. The molecule has 5 N–H and O–H groups in total. The van der Waals surface area contributed by atoms with Crippen molar-refractivity contribution in [2.24, 2.45) is 10.9 Å². The molecule has 1 unspecified atom stereocenters. The number of fused-ring (bicyclic) bond motifs is 1. The molecule has 10 nitrogen and oxygen atoms in total. The fourth-order valence-electron chi connectivity index (χ4n) is 4.54. The van der Waals surface area contributed by atoms with E-state index in [0.29, 0.717) is 36.6 Å². The number of sulfonamides is 1. The molecular weight excluding hydrogens is 550 g/mol. The highest BCUT2D eigenvalue weighted by atomic mass is 32.2. The summed E-state index contributed by atoms with van der Waals surface area (Å²) >= 11 is 1.40. The van der Waals surface area contributed by atoms with Gasteiger partial charge in [0.05, 0.1) is 21.2 Å². The molecule has 1 aliphatic heterocycles. The zero-order chi connectivity index (χ0) is 28.1. The Bertz CT molecular complexity index is 1610. The summed E-state index contributed by atoms with van der Waals surface area (Å²) in [5.74, 6) is -0.374. The molecule has 12 heteroatoms. The Morgan fingerprint density at radius 2 is 1.82 bits per heavy atom. The highest BCUT2D eigenvalue weighted by Crippen LogP contribution is 2.30. The molecule has 40 heavy (non-hydrogen) atoms. The van der Waals surface area contributed by atoms with Gasteiger partial charge in [-0.1, -0.05) is 41.6 Å². The molecule has 3 aromatic carbocycles. The minimum Gasteiger partial charge on any atom is -0.409 e. The Morgan fingerprint density at radius 1 is 1.07 bits per heavy atom. The summed E-state index contributed by atoms with van der Waals surface area (Å²) in [6.45, 7) is 1.16. The maximum atomic E-state index is 13.7. The number of oxime groups is 1. The van der Waals surface area contributed by atoms with Crippen LogP contribution in [0.5, 0.6) is 0 Å². The summed E-state index contributed by atoms with van der Waals surface area (Å²) in [6, 6.07) is 19.9. The van der Waals surface area contributed by atoms with Gasteiger partial charge in [0.25, 0.3) is 5.91 Å². The van der Waals surface area contributed by atoms with Crippen LogP contribution >= 0.6 is 11.3 Å². The van der Waals surface area contributed by atoms with Gasteiger partial charge in [-0.25, -0.2) is 18.1 Å². The van der Waals surface area contributed by atoms with Crippen molar-refractivity contribution in [2.45, 2.75) is 36.2 Å². The van der Waals surface area contributed by atoms with Crippen LogP contribution in [0.1, 0.15) is 45.4 Å². The van der Waals surface area contributed by atoms with Crippen LogP contribution in [-0.4, -0.2) is 49.6 Å². The Morgan fingerprint density at radius 3 is 2.60 bits per heavy atom. The molecule has 0 saturated carbocycles. The van der Waals surface area contributed by atoms with Gasteiger partial charge < -0.3 is 21.0 Å². The van der Waals surface area contributed by atoms with Crippen molar-refractivity contribution in [3.8, 4) is 0 Å². The van der Waals surface area contributed by atoms with Crippen molar-refractivity contribution < 1.29 is 23.2 Å². The number of carbonyl (C=O) groups excluding carboxylic acids is 1. The number of carbonyl (C=O) groups is 1. The number of nitrogens with one attached hydrogen (secondary N) is 2. The third-order valence-corrected chi connectivity index (χ3v) is 9.26. The smallest absolute Gasteiger partial charge is 0.251 e. The van der Waals surface area contributed by atoms with Gasteiger partial charge in [0, 0.05) is 30.4 Å². The number of hydrogen-bond donors (Lipinski definition) is 4. The van der Waals surface area contributed by atoms with Crippen LogP contribution < -0.4 is 15.8 Å². The van der Waals surface area contributed by atoms with Crippen LogP contribution in [0.4, 0.5) is 0 Å². The van der Waals surface area contributed by atoms with Crippen LogP contribution in [0.3, 0.4) is 0 Å². The molecule has 2 heterocycles. The highest BCUT2D eigenvalue weighted by molar-refractivity contribution is 7.89. The predicted octanol–water partition coefficient (Wildman–Crippen LogP) is 3.56. The molecule has 0 aliphatic carbocycles. The Balaban J connectivity index is 1.43. The van der Waals surface area contributed by atoms with E-state index in [-0.39, 0.29) is 34.7 Å². The van der Waals surface area contributed by atoms with Crippen molar-refractivity contribution in [1.29, 1.82) is 0 Å². The first-order valence-electron chi connectivity index (χ1n) is 12.8. The lowest BCUT2D eigenvalue weighted by Gasteiger charge is -2.23.